The molecule has 24 heavy (non-hydrogen) atoms. The summed E-state index contributed by atoms with van der Waals surface area (Å²) >= 11 is 0. The predicted octanol–water partition coefficient (Wildman–Crippen LogP) is 1.27. The van der Waals surface area contributed by atoms with E-state index in [1.165, 1.54) is 5.56 Å². The molecule has 1 N–H and O–H groups in total. The van der Waals surface area contributed by atoms with Gasteiger partial charge in [0.15, 0.2) is 0 Å². The van der Waals surface area contributed by atoms with E-state index in [2.05, 4.69) is 16.7 Å². The van der Waals surface area contributed by atoms with Gasteiger partial charge in [0.2, 0.25) is 5.91 Å². The van der Waals surface area contributed by atoms with E-state index in [1.54, 1.807) is 0 Å². The van der Waals surface area contributed by atoms with Gasteiger partial charge in [0.1, 0.15) is 0 Å². The molecule has 3 rings (SSSR count). The third kappa shape index (κ3) is 4.56. The van der Waals surface area contributed by atoms with Gasteiger partial charge in [-0.2, -0.15) is 0 Å². The number of amides is 1. The maximum absolute atomic E-state index is 12.2. The number of likely N-dealkylation sites (tertiary alicyclic amines) is 1. The zero-order chi connectivity index (χ0) is 16.9. The molecular weight excluding hydrogens is 302 g/mol. The number of aliphatic hydroxyl groups is 1. The second kappa shape index (κ2) is 8.10. The van der Waals surface area contributed by atoms with Crippen molar-refractivity contribution < 1.29 is 9.90 Å². The number of rotatable bonds is 5. The van der Waals surface area contributed by atoms with Crippen molar-refractivity contribution in [3.63, 3.8) is 0 Å². The minimum absolute atomic E-state index is 0.278. The maximum atomic E-state index is 12.2. The van der Waals surface area contributed by atoms with E-state index in [0.717, 1.165) is 57.7 Å². The number of aliphatic hydroxyl groups excluding tert-OH is 1. The molecule has 0 aromatic heterocycles. The zero-order valence-corrected chi connectivity index (χ0v) is 14.7. The van der Waals surface area contributed by atoms with Gasteiger partial charge in [-0.1, -0.05) is 29.8 Å². The number of hydrogen-bond donors (Lipinski definition) is 1. The molecule has 0 spiro atoms. The van der Waals surface area contributed by atoms with Crippen LogP contribution in [0, 0.1) is 6.92 Å². The summed E-state index contributed by atoms with van der Waals surface area (Å²) in [5.41, 5.74) is 2.19. The van der Waals surface area contributed by atoms with Crippen LogP contribution in [0.5, 0.6) is 0 Å². The molecule has 1 aromatic rings. The molecule has 2 aliphatic rings. The molecule has 0 radical (unpaired) electrons. The molecule has 2 aliphatic heterocycles. The number of benzene rings is 1. The van der Waals surface area contributed by atoms with E-state index in [1.807, 2.05) is 29.2 Å². The van der Waals surface area contributed by atoms with Crippen LogP contribution in [-0.2, 0) is 4.79 Å². The molecule has 132 valence electrons. The first-order valence-corrected chi connectivity index (χ1v) is 9.09. The molecule has 1 unspecified atom stereocenters. The van der Waals surface area contributed by atoms with Crippen LogP contribution in [0.1, 0.15) is 30.1 Å². The summed E-state index contributed by atoms with van der Waals surface area (Å²) in [5.74, 6) is 0.278. The van der Waals surface area contributed by atoms with E-state index < -0.39 is 6.10 Å². The minimum atomic E-state index is -0.441. The highest BCUT2D eigenvalue weighted by Gasteiger charge is 2.24. The summed E-state index contributed by atoms with van der Waals surface area (Å²) < 4.78 is 0. The third-order valence-corrected chi connectivity index (χ3v) is 5.18. The Morgan fingerprint density at radius 3 is 2.21 bits per heavy atom. The highest BCUT2D eigenvalue weighted by Crippen LogP contribution is 2.16. The first-order valence-electron chi connectivity index (χ1n) is 9.09. The van der Waals surface area contributed by atoms with Crippen molar-refractivity contribution in [1.82, 2.24) is 14.7 Å². The number of carbonyl (C=O) groups excluding carboxylic acids is 1. The largest absolute Gasteiger partial charge is 0.387 e. The number of piperazine rings is 1. The number of β-amino-alcohol motifs (C(OH)–C–C–N with tert-alkyl or cyclic N) is 1. The zero-order valence-electron chi connectivity index (χ0n) is 14.7. The Morgan fingerprint density at radius 2 is 1.58 bits per heavy atom. The molecule has 0 aliphatic carbocycles. The van der Waals surface area contributed by atoms with E-state index in [0.29, 0.717) is 13.1 Å². The van der Waals surface area contributed by atoms with E-state index in [9.17, 15) is 9.90 Å². The van der Waals surface area contributed by atoms with Gasteiger partial charge in [-0.3, -0.25) is 14.6 Å². The second-order valence-electron chi connectivity index (χ2n) is 7.09. The molecule has 1 amide bonds. The number of nitrogens with zero attached hydrogens (tertiary/aromatic N) is 3. The quantitative estimate of drug-likeness (QED) is 0.883. The minimum Gasteiger partial charge on any atom is -0.387 e. The van der Waals surface area contributed by atoms with Gasteiger partial charge >= 0.3 is 0 Å². The lowest BCUT2D eigenvalue weighted by Crippen LogP contribution is -2.50. The monoisotopic (exact) mass is 331 g/mol. The molecule has 0 bridgehead atoms. The first kappa shape index (κ1) is 17.4. The van der Waals surface area contributed by atoms with Gasteiger partial charge in [0, 0.05) is 45.8 Å². The molecule has 1 atom stereocenters. The highest BCUT2D eigenvalue weighted by atomic mass is 16.3. The average molecular weight is 331 g/mol. The fourth-order valence-electron chi connectivity index (χ4n) is 3.53. The predicted molar refractivity (Wildman–Crippen MR) is 94.8 cm³/mol. The lowest BCUT2D eigenvalue weighted by atomic mass is 10.1. The van der Waals surface area contributed by atoms with Crippen LogP contribution in [0.15, 0.2) is 24.3 Å². The standard InChI is InChI=1S/C19H29N3O2/c1-16-4-6-17(7-5-16)18(23)14-20-10-12-21(13-11-20)15-19(24)22-8-2-3-9-22/h4-7,18,23H,2-3,8-15H2,1H3. The van der Waals surface area contributed by atoms with Crippen LogP contribution in [0.2, 0.25) is 0 Å². The molecule has 2 fully saturated rings. The summed E-state index contributed by atoms with van der Waals surface area (Å²) in [6.07, 6.45) is 1.86. The first-order chi connectivity index (χ1) is 11.6. The molecular formula is C19H29N3O2. The number of aryl methyl sites for hydroxylation is 1. The summed E-state index contributed by atoms with van der Waals surface area (Å²) in [6, 6.07) is 8.09. The fourth-order valence-corrected chi connectivity index (χ4v) is 3.53. The van der Waals surface area contributed by atoms with Gasteiger partial charge in [-0.15, -0.1) is 0 Å². The van der Waals surface area contributed by atoms with E-state index in [-0.39, 0.29) is 5.91 Å². The highest BCUT2D eigenvalue weighted by molar-refractivity contribution is 5.78. The second-order valence-corrected chi connectivity index (χ2v) is 7.09. The summed E-state index contributed by atoms with van der Waals surface area (Å²) in [5, 5.41) is 10.4. The van der Waals surface area contributed by atoms with Crippen molar-refractivity contribution in [1.29, 1.82) is 0 Å². The van der Waals surface area contributed by atoms with Crippen LogP contribution in [-0.4, -0.2) is 78.1 Å². The van der Waals surface area contributed by atoms with Gasteiger partial charge in [0.05, 0.1) is 12.6 Å². The Bertz CT molecular complexity index is 532. The molecule has 5 nitrogen and oxygen atoms in total. The third-order valence-electron chi connectivity index (χ3n) is 5.18. The van der Waals surface area contributed by atoms with Gasteiger partial charge in [-0.25, -0.2) is 0 Å². The molecule has 2 heterocycles. The van der Waals surface area contributed by atoms with Crippen molar-refractivity contribution in [2.24, 2.45) is 0 Å². The average Bonchev–Trinajstić information content (AvgIpc) is 3.12. The van der Waals surface area contributed by atoms with Gasteiger partial charge in [0.25, 0.3) is 0 Å². The Balaban J connectivity index is 1.41. The van der Waals surface area contributed by atoms with Crippen molar-refractivity contribution in [2.45, 2.75) is 25.9 Å². The molecule has 2 saturated heterocycles. The van der Waals surface area contributed by atoms with Crippen LogP contribution < -0.4 is 0 Å². The Hall–Kier alpha value is -1.43. The lowest BCUT2D eigenvalue weighted by molar-refractivity contribution is -0.131. The Morgan fingerprint density at radius 1 is 1.00 bits per heavy atom. The van der Waals surface area contributed by atoms with Crippen LogP contribution in [0.4, 0.5) is 0 Å². The number of carbonyl (C=O) groups is 1. The van der Waals surface area contributed by atoms with Crippen LogP contribution >= 0.6 is 0 Å². The van der Waals surface area contributed by atoms with Crippen molar-refractivity contribution >= 4 is 5.91 Å². The molecule has 1 aromatic carbocycles. The van der Waals surface area contributed by atoms with Gasteiger partial charge in [-0.05, 0) is 25.3 Å². The van der Waals surface area contributed by atoms with Gasteiger partial charge < -0.3 is 10.0 Å². The topological polar surface area (TPSA) is 47.0 Å². The van der Waals surface area contributed by atoms with Crippen molar-refractivity contribution in [3.05, 3.63) is 35.4 Å². The summed E-state index contributed by atoms with van der Waals surface area (Å²) in [6.45, 7) is 8.76. The Labute approximate surface area is 144 Å². The molecule has 5 heteroatoms. The molecule has 0 saturated carbocycles. The Kier molecular flexibility index (Phi) is 5.87. The summed E-state index contributed by atoms with van der Waals surface area (Å²) in [4.78, 5) is 18.7. The normalized spacial score (nSPS) is 21.2. The SMILES string of the molecule is Cc1ccc(C(O)CN2CCN(CC(=O)N3CCCC3)CC2)cc1. The maximum Gasteiger partial charge on any atom is 0.236 e. The van der Waals surface area contributed by atoms with E-state index in [4.69, 9.17) is 0 Å². The van der Waals surface area contributed by atoms with E-state index >= 15 is 0 Å². The van der Waals surface area contributed by atoms with Crippen LogP contribution in [0.25, 0.3) is 0 Å². The smallest absolute Gasteiger partial charge is 0.236 e. The lowest BCUT2D eigenvalue weighted by Gasteiger charge is -2.35. The number of hydrogen-bond acceptors (Lipinski definition) is 4. The van der Waals surface area contributed by atoms with Crippen LogP contribution in [0.3, 0.4) is 0 Å². The van der Waals surface area contributed by atoms with Crippen molar-refractivity contribution in [2.75, 3.05) is 52.4 Å². The summed E-state index contributed by atoms with van der Waals surface area (Å²) in [7, 11) is 0. The van der Waals surface area contributed by atoms with Crippen molar-refractivity contribution in [3.8, 4) is 0 Å². The fraction of sp³-hybridized carbons (Fsp3) is 0.632.